The highest BCUT2D eigenvalue weighted by atomic mass is 16.5. The number of hydrogen-bond donors (Lipinski definition) is 2. The van der Waals surface area contributed by atoms with Gasteiger partial charge >= 0.3 is 0 Å². The van der Waals surface area contributed by atoms with Gasteiger partial charge in [0.05, 0.1) is 19.0 Å². The molecule has 104 valence electrons. The van der Waals surface area contributed by atoms with Crippen LogP contribution >= 0.6 is 0 Å². The van der Waals surface area contributed by atoms with Gasteiger partial charge in [0.15, 0.2) is 0 Å². The van der Waals surface area contributed by atoms with Crippen LogP contribution in [0, 0.1) is 6.92 Å². The largest absolute Gasteiger partial charge is 0.469 e. The molecule has 0 radical (unpaired) electrons. The van der Waals surface area contributed by atoms with Crippen LogP contribution in [-0.2, 0) is 11.3 Å². The Kier molecular flexibility index (Phi) is 6.97. The second-order valence-electron chi connectivity index (χ2n) is 4.55. The number of likely N-dealkylation sites (N-methyl/N-ethyl adjacent to an activating group) is 1. The van der Waals surface area contributed by atoms with E-state index in [1.54, 1.807) is 13.4 Å². The highest BCUT2D eigenvalue weighted by Gasteiger charge is 2.10. The van der Waals surface area contributed by atoms with Crippen LogP contribution in [-0.4, -0.2) is 56.5 Å². The fraction of sp³-hybridized carbons (Fsp3) is 0.692. The minimum Gasteiger partial charge on any atom is -0.469 e. The topological polar surface area (TPSA) is 57.9 Å². The second kappa shape index (κ2) is 8.26. The van der Waals surface area contributed by atoms with E-state index < -0.39 is 0 Å². The van der Waals surface area contributed by atoms with Crippen LogP contribution in [0.2, 0.25) is 0 Å². The van der Waals surface area contributed by atoms with E-state index in [-0.39, 0.29) is 6.10 Å². The summed E-state index contributed by atoms with van der Waals surface area (Å²) in [6.45, 7) is 5.38. The molecule has 0 saturated carbocycles. The summed E-state index contributed by atoms with van der Waals surface area (Å²) in [7, 11) is 3.66. The summed E-state index contributed by atoms with van der Waals surface area (Å²) >= 11 is 0. The van der Waals surface area contributed by atoms with Gasteiger partial charge in [-0.3, -0.25) is 4.90 Å². The summed E-state index contributed by atoms with van der Waals surface area (Å²) in [6, 6.07) is 1.97. The molecule has 0 spiro atoms. The van der Waals surface area contributed by atoms with E-state index in [2.05, 4.69) is 10.2 Å². The van der Waals surface area contributed by atoms with Crippen LogP contribution < -0.4 is 5.32 Å². The number of nitrogens with zero attached hydrogens (tertiary/aromatic N) is 1. The molecule has 0 amide bonds. The molecule has 1 aromatic heterocycles. The third-order valence-corrected chi connectivity index (χ3v) is 2.79. The van der Waals surface area contributed by atoms with Crippen molar-refractivity contribution >= 4 is 0 Å². The summed E-state index contributed by atoms with van der Waals surface area (Å²) in [6.07, 6.45) is 1.32. The summed E-state index contributed by atoms with van der Waals surface area (Å²) in [5.74, 6) is 0.939. The predicted molar refractivity (Wildman–Crippen MR) is 70.5 cm³/mol. The zero-order chi connectivity index (χ0) is 13.4. The first kappa shape index (κ1) is 15.2. The average molecular weight is 256 g/mol. The molecule has 0 aliphatic carbocycles. The van der Waals surface area contributed by atoms with Crippen LogP contribution in [0.1, 0.15) is 11.3 Å². The van der Waals surface area contributed by atoms with Crippen molar-refractivity contribution in [2.45, 2.75) is 19.6 Å². The molecular weight excluding hydrogens is 232 g/mol. The van der Waals surface area contributed by atoms with Crippen LogP contribution in [0.25, 0.3) is 0 Å². The summed E-state index contributed by atoms with van der Waals surface area (Å²) in [5, 5.41) is 13.0. The number of ether oxygens (including phenoxy) is 1. The lowest BCUT2D eigenvalue weighted by atomic mass is 10.2. The van der Waals surface area contributed by atoms with Gasteiger partial charge in [-0.05, 0) is 20.0 Å². The Bertz CT molecular complexity index is 328. The summed E-state index contributed by atoms with van der Waals surface area (Å²) < 4.78 is 10.2. The number of furan rings is 1. The van der Waals surface area contributed by atoms with Crippen molar-refractivity contribution in [1.29, 1.82) is 0 Å². The highest BCUT2D eigenvalue weighted by molar-refractivity contribution is 5.14. The molecule has 0 aliphatic rings. The van der Waals surface area contributed by atoms with Crippen molar-refractivity contribution in [1.82, 2.24) is 10.2 Å². The number of hydrogen-bond acceptors (Lipinski definition) is 5. The average Bonchev–Trinajstić information content (AvgIpc) is 2.70. The minimum atomic E-state index is -0.376. The molecule has 1 heterocycles. The van der Waals surface area contributed by atoms with Gasteiger partial charge in [0.2, 0.25) is 0 Å². The Morgan fingerprint density at radius 3 is 2.94 bits per heavy atom. The van der Waals surface area contributed by atoms with Crippen LogP contribution in [0.5, 0.6) is 0 Å². The first-order chi connectivity index (χ1) is 8.63. The molecule has 1 unspecified atom stereocenters. The smallest absolute Gasteiger partial charge is 0.105 e. The molecule has 0 bridgehead atoms. The highest BCUT2D eigenvalue weighted by Crippen LogP contribution is 2.10. The summed E-state index contributed by atoms with van der Waals surface area (Å²) in [5.41, 5.74) is 1.16. The second-order valence-corrected chi connectivity index (χ2v) is 4.55. The minimum absolute atomic E-state index is 0.376. The quantitative estimate of drug-likeness (QED) is 0.634. The maximum Gasteiger partial charge on any atom is 0.105 e. The fourth-order valence-electron chi connectivity index (χ4n) is 1.80. The van der Waals surface area contributed by atoms with E-state index in [0.29, 0.717) is 19.7 Å². The molecule has 0 fully saturated rings. The first-order valence-electron chi connectivity index (χ1n) is 6.22. The number of aryl methyl sites for hydroxylation is 1. The third-order valence-electron chi connectivity index (χ3n) is 2.79. The molecule has 18 heavy (non-hydrogen) atoms. The number of aliphatic hydroxyl groups is 1. The summed E-state index contributed by atoms with van der Waals surface area (Å²) in [4.78, 5) is 2.08. The van der Waals surface area contributed by atoms with E-state index in [4.69, 9.17) is 9.15 Å². The van der Waals surface area contributed by atoms with Crippen molar-refractivity contribution in [3.8, 4) is 0 Å². The van der Waals surface area contributed by atoms with Crippen LogP contribution in [0.4, 0.5) is 0 Å². The molecule has 5 nitrogen and oxygen atoms in total. The lowest BCUT2D eigenvalue weighted by Crippen LogP contribution is -2.37. The van der Waals surface area contributed by atoms with Gasteiger partial charge in [-0.25, -0.2) is 0 Å². The molecule has 1 aromatic rings. The number of rotatable bonds is 9. The normalized spacial score (nSPS) is 13.2. The Morgan fingerprint density at radius 2 is 2.33 bits per heavy atom. The van der Waals surface area contributed by atoms with Crippen LogP contribution in [0.15, 0.2) is 16.7 Å². The molecule has 2 N–H and O–H groups in total. The first-order valence-corrected chi connectivity index (χ1v) is 6.22. The monoisotopic (exact) mass is 256 g/mol. The molecule has 0 aliphatic heterocycles. The Labute approximate surface area is 109 Å². The van der Waals surface area contributed by atoms with E-state index in [0.717, 1.165) is 24.4 Å². The van der Waals surface area contributed by atoms with Gasteiger partial charge in [0.25, 0.3) is 0 Å². The standard InChI is InChI=1S/C13H24N2O3/c1-11-12(4-6-18-11)9-15(2)10-13(16)8-14-5-7-17-3/h4,6,13-14,16H,5,7-10H2,1-3H3. The van der Waals surface area contributed by atoms with Crippen molar-refractivity contribution < 1.29 is 14.3 Å². The number of aliphatic hydroxyl groups excluding tert-OH is 1. The maximum atomic E-state index is 9.85. The van der Waals surface area contributed by atoms with Crippen molar-refractivity contribution in [2.24, 2.45) is 0 Å². The zero-order valence-corrected chi connectivity index (χ0v) is 11.5. The van der Waals surface area contributed by atoms with Gasteiger partial charge in [-0.1, -0.05) is 0 Å². The molecule has 5 heteroatoms. The lowest BCUT2D eigenvalue weighted by Gasteiger charge is -2.20. The van der Waals surface area contributed by atoms with E-state index in [1.165, 1.54) is 0 Å². The SMILES string of the molecule is COCCNCC(O)CN(C)Cc1ccoc1C. The predicted octanol–water partition coefficient (Wildman–Crippen LogP) is 0.617. The van der Waals surface area contributed by atoms with Gasteiger partial charge in [-0.2, -0.15) is 0 Å². The van der Waals surface area contributed by atoms with E-state index in [1.807, 2.05) is 20.0 Å². The van der Waals surface area contributed by atoms with Crippen molar-refractivity contribution in [2.75, 3.05) is 40.4 Å². The Morgan fingerprint density at radius 1 is 1.56 bits per heavy atom. The molecule has 0 saturated heterocycles. The van der Waals surface area contributed by atoms with Crippen molar-refractivity contribution in [3.05, 3.63) is 23.7 Å². The van der Waals surface area contributed by atoms with Gasteiger partial charge < -0.3 is 19.6 Å². The third kappa shape index (κ3) is 5.64. The lowest BCUT2D eigenvalue weighted by molar-refractivity contribution is 0.117. The van der Waals surface area contributed by atoms with Crippen LogP contribution in [0.3, 0.4) is 0 Å². The molecule has 1 atom stereocenters. The number of methoxy groups -OCH3 is 1. The maximum absolute atomic E-state index is 9.85. The fourth-order valence-corrected chi connectivity index (χ4v) is 1.80. The number of nitrogens with one attached hydrogen (secondary N) is 1. The van der Waals surface area contributed by atoms with E-state index >= 15 is 0 Å². The van der Waals surface area contributed by atoms with Gasteiger partial charge in [0.1, 0.15) is 5.76 Å². The zero-order valence-electron chi connectivity index (χ0n) is 11.5. The van der Waals surface area contributed by atoms with E-state index in [9.17, 15) is 5.11 Å². The Balaban J connectivity index is 2.19. The Hall–Kier alpha value is -0.880. The molecule has 0 aromatic carbocycles. The van der Waals surface area contributed by atoms with Crippen molar-refractivity contribution in [3.63, 3.8) is 0 Å². The molecular formula is C13H24N2O3. The molecule has 1 rings (SSSR count). The van der Waals surface area contributed by atoms with Gasteiger partial charge in [-0.15, -0.1) is 0 Å². The van der Waals surface area contributed by atoms with Gasteiger partial charge in [0, 0.05) is 38.9 Å².